The van der Waals surface area contributed by atoms with Crippen LogP contribution in [0.1, 0.15) is 38.0 Å². The van der Waals surface area contributed by atoms with E-state index in [1.165, 1.54) is 6.20 Å². The number of halogens is 4. The number of ether oxygens (including phenoxy) is 1. The molecule has 11 heteroatoms. The van der Waals surface area contributed by atoms with Crippen molar-refractivity contribution in [2.24, 2.45) is 4.99 Å². The van der Waals surface area contributed by atoms with Gasteiger partial charge in [-0.25, -0.2) is 9.97 Å². The molecule has 7 nitrogen and oxygen atoms in total. The highest BCUT2D eigenvalue weighted by Crippen LogP contribution is 2.22. The molecule has 162 valence electrons. The van der Waals surface area contributed by atoms with E-state index < -0.39 is 12.8 Å². The van der Waals surface area contributed by atoms with Gasteiger partial charge in [-0.05, 0) is 6.07 Å². The van der Waals surface area contributed by atoms with Crippen LogP contribution in [0.3, 0.4) is 0 Å². The summed E-state index contributed by atoms with van der Waals surface area (Å²) in [5.74, 6) is 1.63. The SMILES string of the molecule is CN=C(NCc1ncc(C(C)(C)C)o1)NCc1cccnc1OCC(F)(F)F.I. The number of aromatic nitrogens is 2. The topological polar surface area (TPSA) is 84.6 Å². The Morgan fingerprint density at radius 3 is 2.45 bits per heavy atom. The van der Waals surface area contributed by atoms with E-state index >= 15 is 0 Å². The van der Waals surface area contributed by atoms with Gasteiger partial charge in [-0.15, -0.1) is 24.0 Å². The van der Waals surface area contributed by atoms with E-state index in [4.69, 9.17) is 9.15 Å². The zero-order valence-corrected chi connectivity index (χ0v) is 19.0. The summed E-state index contributed by atoms with van der Waals surface area (Å²) in [4.78, 5) is 12.1. The number of hydrogen-bond acceptors (Lipinski definition) is 5. The smallest absolute Gasteiger partial charge is 0.422 e. The zero-order valence-electron chi connectivity index (χ0n) is 16.6. The molecule has 0 saturated heterocycles. The van der Waals surface area contributed by atoms with Crippen LogP contribution in [0.2, 0.25) is 0 Å². The molecule has 0 radical (unpaired) electrons. The first kappa shape index (κ1) is 25.0. The van der Waals surface area contributed by atoms with Gasteiger partial charge in [-0.1, -0.05) is 26.8 Å². The number of nitrogens with one attached hydrogen (secondary N) is 2. The maximum Gasteiger partial charge on any atom is 0.422 e. The summed E-state index contributed by atoms with van der Waals surface area (Å²) in [6, 6.07) is 3.25. The average molecular weight is 527 g/mol. The first-order valence-corrected chi connectivity index (χ1v) is 8.61. The Morgan fingerprint density at radius 1 is 1.17 bits per heavy atom. The Hall–Kier alpha value is -2.05. The fourth-order valence-corrected chi connectivity index (χ4v) is 2.14. The molecule has 0 aliphatic heterocycles. The standard InChI is InChI=1S/C18H24F3N5O2.HI/c1-17(2,3)13-9-24-14(28-13)10-26-16(22-4)25-8-12-6-5-7-23-15(12)27-11-18(19,20)21;/h5-7,9H,8,10-11H2,1-4H3,(H2,22,25,26);1H. The molecule has 29 heavy (non-hydrogen) atoms. The van der Waals surface area contributed by atoms with Crippen molar-refractivity contribution in [3.8, 4) is 5.88 Å². The van der Waals surface area contributed by atoms with Crippen LogP contribution in [0.25, 0.3) is 0 Å². The summed E-state index contributed by atoms with van der Waals surface area (Å²) < 4.78 is 47.6. The van der Waals surface area contributed by atoms with Gasteiger partial charge in [0.05, 0.1) is 12.7 Å². The van der Waals surface area contributed by atoms with Crippen molar-refractivity contribution >= 4 is 29.9 Å². The van der Waals surface area contributed by atoms with Gasteiger partial charge in [-0.3, -0.25) is 4.99 Å². The summed E-state index contributed by atoms with van der Waals surface area (Å²) in [6.07, 6.45) is -1.37. The molecule has 2 aromatic rings. The molecule has 2 aromatic heterocycles. The van der Waals surface area contributed by atoms with Gasteiger partial charge in [0, 0.05) is 30.8 Å². The number of nitrogens with zero attached hydrogens (tertiary/aromatic N) is 3. The highest BCUT2D eigenvalue weighted by molar-refractivity contribution is 14.0. The van der Waals surface area contributed by atoms with Crippen LogP contribution in [0.5, 0.6) is 5.88 Å². The van der Waals surface area contributed by atoms with E-state index in [1.54, 1.807) is 25.4 Å². The molecule has 0 unspecified atom stereocenters. The highest BCUT2D eigenvalue weighted by atomic mass is 127. The van der Waals surface area contributed by atoms with E-state index in [-0.39, 0.29) is 41.8 Å². The van der Waals surface area contributed by atoms with E-state index in [0.29, 0.717) is 24.0 Å². The zero-order chi connectivity index (χ0) is 20.8. The van der Waals surface area contributed by atoms with Crippen molar-refractivity contribution in [1.82, 2.24) is 20.6 Å². The first-order chi connectivity index (χ1) is 13.1. The van der Waals surface area contributed by atoms with Gasteiger partial charge in [0.25, 0.3) is 0 Å². The number of alkyl halides is 3. The van der Waals surface area contributed by atoms with Crippen molar-refractivity contribution in [3.63, 3.8) is 0 Å². The van der Waals surface area contributed by atoms with Crippen molar-refractivity contribution in [2.75, 3.05) is 13.7 Å². The molecule has 0 bridgehead atoms. The van der Waals surface area contributed by atoms with Crippen molar-refractivity contribution in [3.05, 3.63) is 41.7 Å². The molecule has 2 N–H and O–H groups in total. The number of guanidine groups is 1. The Kier molecular flexibility index (Phi) is 9.17. The Bertz CT molecular complexity index is 803. The highest BCUT2D eigenvalue weighted by Gasteiger charge is 2.29. The third kappa shape index (κ3) is 8.46. The summed E-state index contributed by atoms with van der Waals surface area (Å²) in [5, 5.41) is 6.04. The lowest BCUT2D eigenvalue weighted by molar-refractivity contribution is -0.154. The second-order valence-corrected chi connectivity index (χ2v) is 7.02. The summed E-state index contributed by atoms with van der Waals surface area (Å²) >= 11 is 0. The van der Waals surface area contributed by atoms with Crippen LogP contribution in [-0.4, -0.2) is 35.8 Å². The molecule has 0 amide bonds. The van der Waals surface area contributed by atoms with Gasteiger partial charge >= 0.3 is 6.18 Å². The Morgan fingerprint density at radius 2 is 1.86 bits per heavy atom. The van der Waals surface area contributed by atoms with Gasteiger partial charge in [-0.2, -0.15) is 13.2 Å². The van der Waals surface area contributed by atoms with E-state index in [1.807, 2.05) is 20.8 Å². The quantitative estimate of drug-likeness (QED) is 0.338. The maximum absolute atomic E-state index is 12.4. The van der Waals surface area contributed by atoms with Crippen LogP contribution in [-0.2, 0) is 18.5 Å². The third-order valence-corrected chi connectivity index (χ3v) is 3.59. The predicted octanol–water partition coefficient (Wildman–Crippen LogP) is 3.79. The lowest BCUT2D eigenvalue weighted by Gasteiger charge is -2.14. The van der Waals surface area contributed by atoms with E-state index in [9.17, 15) is 13.2 Å². The van der Waals surface area contributed by atoms with Crippen LogP contribution in [0, 0.1) is 0 Å². The second kappa shape index (κ2) is 10.6. The molecule has 0 aromatic carbocycles. The first-order valence-electron chi connectivity index (χ1n) is 8.61. The molecule has 0 saturated carbocycles. The molecule has 0 aliphatic carbocycles. The Labute approximate surface area is 184 Å². The van der Waals surface area contributed by atoms with E-state index in [0.717, 1.165) is 5.76 Å². The lowest BCUT2D eigenvalue weighted by Crippen LogP contribution is -2.36. The largest absolute Gasteiger partial charge is 0.468 e. The van der Waals surface area contributed by atoms with Crippen molar-refractivity contribution in [1.29, 1.82) is 0 Å². The number of rotatable bonds is 6. The molecule has 2 rings (SSSR count). The fraction of sp³-hybridized carbons (Fsp3) is 0.500. The Balaban J connectivity index is 0.00000420. The molecule has 0 spiro atoms. The maximum atomic E-state index is 12.4. The minimum atomic E-state index is -4.43. The normalized spacial score (nSPS) is 12.3. The van der Waals surface area contributed by atoms with Crippen LogP contribution in [0.15, 0.2) is 33.9 Å². The molecule has 0 atom stereocenters. The lowest BCUT2D eigenvalue weighted by atomic mass is 9.94. The number of aliphatic imine (C=N–C) groups is 1. The van der Waals surface area contributed by atoms with E-state index in [2.05, 4.69) is 25.6 Å². The van der Waals surface area contributed by atoms with Crippen molar-refractivity contribution in [2.45, 2.75) is 45.5 Å². The molecule has 0 fully saturated rings. The minimum Gasteiger partial charge on any atom is -0.468 e. The van der Waals surface area contributed by atoms with Crippen molar-refractivity contribution < 1.29 is 22.3 Å². The summed E-state index contributed by atoms with van der Waals surface area (Å²) in [5.41, 5.74) is 0.332. The number of hydrogen-bond donors (Lipinski definition) is 2. The fourth-order valence-electron chi connectivity index (χ4n) is 2.14. The number of pyridine rings is 1. The van der Waals surface area contributed by atoms with Crippen LogP contribution in [0.4, 0.5) is 13.2 Å². The summed E-state index contributed by atoms with van der Waals surface area (Å²) in [7, 11) is 1.58. The van der Waals surface area contributed by atoms with Gasteiger partial charge in [0.2, 0.25) is 11.8 Å². The molecule has 2 heterocycles. The number of oxazole rings is 1. The second-order valence-electron chi connectivity index (χ2n) is 7.02. The monoisotopic (exact) mass is 527 g/mol. The average Bonchev–Trinajstić information content (AvgIpc) is 3.09. The van der Waals surface area contributed by atoms with Gasteiger partial charge in [0.15, 0.2) is 12.6 Å². The van der Waals surface area contributed by atoms with Crippen LogP contribution >= 0.6 is 24.0 Å². The minimum absolute atomic E-state index is 0. The van der Waals surface area contributed by atoms with Gasteiger partial charge in [0.1, 0.15) is 5.76 Å². The predicted molar refractivity (Wildman–Crippen MR) is 113 cm³/mol. The molecule has 0 aliphatic rings. The molecular weight excluding hydrogens is 502 g/mol. The third-order valence-electron chi connectivity index (χ3n) is 3.59. The van der Waals surface area contributed by atoms with Crippen LogP contribution < -0.4 is 15.4 Å². The summed E-state index contributed by atoms with van der Waals surface area (Å²) in [6.45, 7) is 5.16. The van der Waals surface area contributed by atoms with Gasteiger partial charge < -0.3 is 19.8 Å². The molecular formula is C18H25F3IN5O2.